The largest absolute Gasteiger partial charge is 0.488 e. The smallest absolute Gasteiger partial charge is 0.150 e. The van der Waals surface area contributed by atoms with Crippen molar-refractivity contribution in [3.8, 4) is 17.1 Å². The molecule has 5 rings (SSSR count). The molecular weight excluding hydrogens is 384 g/mol. The van der Waals surface area contributed by atoms with Crippen LogP contribution in [0.25, 0.3) is 22.3 Å². The molecule has 1 fully saturated rings. The molecule has 1 saturated heterocycles. The topological polar surface area (TPSA) is 72.6 Å². The minimum absolute atomic E-state index is 0.0429. The molecule has 8 nitrogen and oxygen atoms in total. The van der Waals surface area contributed by atoms with Crippen molar-refractivity contribution in [2.45, 2.75) is 45.1 Å². The van der Waals surface area contributed by atoms with E-state index in [9.17, 15) is 0 Å². The zero-order valence-corrected chi connectivity index (χ0v) is 17.3. The molecular formula is C22H28N4O4. The fourth-order valence-corrected chi connectivity index (χ4v) is 4.02. The molecule has 2 aliphatic heterocycles. The van der Waals surface area contributed by atoms with E-state index in [-0.39, 0.29) is 12.3 Å². The van der Waals surface area contributed by atoms with Gasteiger partial charge in [0.05, 0.1) is 38.5 Å². The van der Waals surface area contributed by atoms with Crippen LogP contribution < -0.4 is 4.74 Å². The van der Waals surface area contributed by atoms with Crippen molar-refractivity contribution in [3.63, 3.8) is 0 Å². The van der Waals surface area contributed by atoms with Crippen LogP contribution in [0.5, 0.6) is 5.75 Å². The number of fused-ring (bicyclic) bond motifs is 4. The molecule has 1 unspecified atom stereocenters. The van der Waals surface area contributed by atoms with Crippen LogP contribution in [0.15, 0.2) is 30.5 Å². The quantitative estimate of drug-likeness (QED) is 0.610. The lowest BCUT2D eigenvalue weighted by Gasteiger charge is -2.23. The van der Waals surface area contributed by atoms with Crippen LogP contribution in [0.3, 0.4) is 0 Å². The average molecular weight is 412 g/mol. The first-order chi connectivity index (χ1) is 14.8. The van der Waals surface area contributed by atoms with Crippen LogP contribution >= 0.6 is 0 Å². The molecule has 0 radical (unpaired) electrons. The number of benzene rings is 1. The molecule has 1 aromatic carbocycles. The highest BCUT2D eigenvalue weighted by Crippen LogP contribution is 2.34. The third kappa shape index (κ3) is 4.08. The van der Waals surface area contributed by atoms with E-state index in [1.807, 2.05) is 34.6 Å². The summed E-state index contributed by atoms with van der Waals surface area (Å²) in [5, 5.41) is 10.7. The number of hydrogen-bond acceptors (Lipinski definition) is 6. The van der Waals surface area contributed by atoms with E-state index in [0.29, 0.717) is 33.0 Å². The first kappa shape index (κ1) is 19.5. The Kier molecular flexibility index (Phi) is 5.70. The molecule has 0 aliphatic carbocycles. The van der Waals surface area contributed by atoms with Crippen LogP contribution in [0.2, 0.25) is 0 Å². The van der Waals surface area contributed by atoms with Gasteiger partial charge in [0, 0.05) is 18.2 Å². The Hall–Kier alpha value is -2.42. The second-order valence-electron chi connectivity index (χ2n) is 7.87. The second-order valence-corrected chi connectivity index (χ2v) is 7.87. The number of ether oxygens (including phenoxy) is 4. The summed E-state index contributed by atoms with van der Waals surface area (Å²) in [4.78, 5) is 0. The first-order valence-electron chi connectivity index (χ1n) is 10.8. The van der Waals surface area contributed by atoms with Crippen molar-refractivity contribution >= 4 is 10.9 Å². The lowest BCUT2D eigenvalue weighted by Crippen LogP contribution is -2.21. The highest BCUT2D eigenvalue weighted by atomic mass is 16.5. The van der Waals surface area contributed by atoms with Gasteiger partial charge in [-0.25, -0.2) is 4.68 Å². The third-order valence-electron chi connectivity index (χ3n) is 5.52. The SMILES string of the molecule is C[C@@H]1COCCOCCn2ccc(n2)-c2nn(C3CCCCO3)c3ccc(cc23)O1. The average Bonchev–Trinajstić information content (AvgIpc) is 3.37. The van der Waals surface area contributed by atoms with Gasteiger partial charge in [-0.05, 0) is 50.5 Å². The molecule has 2 aliphatic rings. The van der Waals surface area contributed by atoms with Gasteiger partial charge in [0.2, 0.25) is 0 Å². The maximum atomic E-state index is 6.11. The van der Waals surface area contributed by atoms with Gasteiger partial charge < -0.3 is 18.9 Å². The van der Waals surface area contributed by atoms with Crippen LogP contribution in [0.1, 0.15) is 32.4 Å². The summed E-state index contributed by atoms with van der Waals surface area (Å²) < 4.78 is 27.4. The van der Waals surface area contributed by atoms with Crippen molar-refractivity contribution < 1.29 is 18.9 Å². The molecule has 0 saturated carbocycles. The summed E-state index contributed by atoms with van der Waals surface area (Å²) in [6, 6.07) is 8.13. The highest BCUT2D eigenvalue weighted by Gasteiger charge is 2.23. The summed E-state index contributed by atoms with van der Waals surface area (Å²) in [5.74, 6) is 0.798. The van der Waals surface area contributed by atoms with Crippen molar-refractivity contribution in [3.05, 3.63) is 30.5 Å². The summed E-state index contributed by atoms with van der Waals surface area (Å²) in [6.07, 6.45) is 5.09. The van der Waals surface area contributed by atoms with E-state index in [1.165, 1.54) is 0 Å². The molecule has 30 heavy (non-hydrogen) atoms. The number of aromatic nitrogens is 4. The molecule has 0 spiro atoms. The number of rotatable bonds is 1. The predicted octanol–water partition coefficient (Wildman–Crippen LogP) is 3.41. The van der Waals surface area contributed by atoms with Crippen LogP contribution in [-0.2, 0) is 20.8 Å². The molecule has 4 heterocycles. The zero-order chi connectivity index (χ0) is 20.3. The lowest BCUT2D eigenvalue weighted by molar-refractivity contribution is -0.0365. The van der Waals surface area contributed by atoms with Crippen LogP contribution in [-0.4, -0.2) is 58.7 Å². The van der Waals surface area contributed by atoms with Crippen molar-refractivity contribution in [1.29, 1.82) is 0 Å². The van der Waals surface area contributed by atoms with Gasteiger partial charge in [0.15, 0.2) is 6.23 Å². The molecule has 4 bridgehead atoms. The van der Waals surface area contributed by atoms with E-state index in [1.54, 1.807) is 0 Å². The normalized spacial score (nSPS) is 23.5. The van der Waals surface area contributed by atoms with Gasteiger partial charge >= 0.3 is 0 Å². The van der Waals surface area contributed by atoms with Crippen LogP contribution in [0.4, 0.5) is 0 Å². The van der Waals surface area contributed by atoms with Gasteiger partial charge in [-0.3, -0.25) is 4.68 Å². The minimum atomic E-state index is -0.0604. The van der Waals surface area contributed by atoms with Gasteiger partial charge in [-0.1, -0.05) is 0 Å². The van der Waals surface area contributed by atoms with Crippen LogP contribution in [0, 0.1) is 0 Å². The van der Waals surface area contributed by atoms with E-state index >= 15 is 0 Å². The molecule has 2 atom stereocenters. The van der Waals surface area contributed by atoms with Crippen molar-refractivity contribution in [2.24, 2.45) is 0 Å². The Morgan fingerprint density at radius 2 is 1.93 bits per heavy atom. The van der Waals surface area contributed by atoms with Gasteiger partial charge in [-0.2, -0.15) is 10.2 Å². The maximum Gasteiger partial charge on any atom is 0.150 e. The number of nitrogens with zero attached hydrogens (tertiary/aromatic N) is 4. The van der Waals surface area contributed by atoms with E-state index in [0.717, 1.165) is 53.9 Å². The Morgan fingerprint density at radius 3 is 2.83 bits per heavy atom. The van der Waals surface area contributed by atoms with Crippen molar-refractivity contribution in [1.82, 2.24) is 19.6 Å². The zero-order valence-electron chi connectivity index (χ0n) is 17.3. The standard InChI is InChI=1S/C22H28N4O4/c1-16-15-28-13-12-27-11-9-25-8-7-19(23-25)22-18-14-17(30-16)5-6-20(18)26(24-22)21-4-2-3-10-29-21/h5-8,14,16,21H,2-4,9-13,15H2,1H3/t16-,21?/m1/s1. The lowest BCUT2D eigenvalue weighted by atomic mass is 10.1. The summed E-state index contributed by atoms with van der Waals surface area (Å²) >= 11 is 0. The van der Waals surface area contributed by atoms with Gasteiger partial charge in [0.1, 0.15) is 23.2 Å². The Labute approximate surface area is 175 Å². The van der Waals surface area contributed by atoms with E-state index in [2.05, 4.69) is 12.1 Å². The van der Waals surface area contributed by atoms with Crippen molar-refractivity contribution in [2.75, 3.05) is 33.0 Å². The van der Waals surface area contributed by atoms with Gasteiger partial charge in [-0.15, -0.1) is 0 Å². The molecule has 0 N–H and O–H groups in total. The maximum absolute atomic E-state index is 6.11. The molecule has 3 aromatic rings. The van der Waals surface area contributed by atoms with E-state index in [4.69, 9.17) is 29.1 Å². The Morgan fingerprint density at radius 1 is 1.00 bits per heavy atom. The fourth-order valence-electron chi connectivity index (χ4n) is 4.02. The minimum Gasteiger partial charge on any atom is -0.488 e. The predicted molar refractivity (Wildman–Crippen MR) is 112 cm³/mol. The fraction of sp³-hybridized carbons (Fsp3) is 0.545. The molecule has 160 valence electrons. The molecule has 8 heteroatoms. The monoisotopic (exact) mass is 412 g/mol. The first-order valence-corrected chi connectivity index (χ1v) is 10.8. The highest BCUT2D eigenvalue weighted by molar-refractivity contribution is 5.93. The van der Waals surface area contributed by atoms with Gasteiger partial charge in [0.25, 0.3) is 0 Å². The Bertz CT molecular complexity index is 992. The number of hydrogen-bond donors (Lipinski definition) is 0. The summed E-state index contributed by atoms with van der Waals surface area (Å²) in [5.41, 5.74) is 2.72. The molecule has 0 amide bonds. The molecule has 2 aromatic heterocycles. The van der Waals surface area contributed by atoms with E-state index < -0.39 is 0 Å². The summed E-state index contributed by atoms with van der Waals surface area (Å²) in [6.45, 7) is 5.69. The summed E-state index contributed by atoms with van der Waals surface area (Å²) in [7, 11) is 0. The second kappa shape index (κ2) is 8.75. The third-order valence-corrected chi connectivity index (χ3v) is 5.52. The Balaban J connectivity index is 1.57.